The number of amides is 1. The van der Waals surface area contributed by atoms with E-state index >= 15 is 0 Å². The van der Waals surface area contributed by atoms with Crippen LogP contribution in [0.25, 0.3) is 0 Å². The van der Waals surface area contributed by atoms with Crippen LogP contribution in [0.1, 0.15) is 68.2 Å². The number of aromatic amines is 1. The summed E-state index contributed by atoms with van der Waals surface area (Å²) in [4.78, 5) is 38.7. The first-order valence-corrected chi connectivity index (χ1v) is 11.2. The van der Waals surface area contributed by atoms with E-state index in [1.807, 2.05) is 23.1 Å². The van der Waals surface area contributed by atoms with Crippen LogP contribution in [-0.2, 0) is 23.2 Å². The van der Waals surface area contributed by atoms with Crippen molar-refractivity contribution in [2.45, 2.75) is 70.0 Å². The molecule has 1 atom stereocenters. The highest BCUT2D eigenvalue weighted by molar-refractivity contribution is 5.91. The molecule has 2 fully saturated rings. The summed E-state index contributed by atoms with van der Waals surface area (Å²) in [5.74, 6) is 0.861. The maximum absolute atomic E-state index is 13.6. The highest BCUT2D eigenvalue weighted by Crippen LogP contribution is 2.51. The summed E-state index contributed by atoms with van der Waals surface area (Å²) in [6.45, 7) is 6.68. The molecule has 6 heteroatoms. The van der Waals surface area contributed by atoms with Crippen molar-refractivity contribution < 1.29 is 4.79 Å². The number of nitrogens with zero attached hydrogens (tertiary/aromatic N) is 3. The lowest BCUT2D eigenvalue weighted by Gasteiger charge is -2.32. The maximum Gasteiger partial charge on any atom is 0.254 e. The molecule has 1 N–H and O–H groups in total. The van der Waals surface area contributed by atoms with Crippen molar-refractivity contribution in [2.24, 2.45) is 0 Å². The molecule has 2 aromatic rings. The van der Waals surface area contributed by atoms with Crippen LogP contribution < -0.4 is 5.56 Å². The van der Waals surface area contributed by atoms with Gasteiger partial charge in [0.1, 0.15) is 5.82 Å². The van der Waals surface area contributed by atoms with Crippen LogP contribution in [0.3, 0.4) is 0 Å². The van der Waals surface area contributed by atoms with Crippen LogP contribution in [0.2, 0.25) is 0 Å². The Bertz CT molecular complexity index is 1010. The molecule has 2 aliphatic heterocycles. The summed E-state index contributed by atoms with van der Waals surface area (Å²) in [5.41, 5.74) is 2.40. The van der Waals surface area contributed by atoms with E-state index in [0.29, 0.717) is 18.4 Å². The Hall–Kier alpha value is -2.47. The lowest BCUT2D eigenvalue weighted by Crippen LogP contribution is -2.42. The molecule has 1 aromatic carbocycles. The first kappa shape index (κ1) is 19.5. The normalized spacial score (nSPS) is 22.9. The Balaban J connectivity index is 1.45. The van der Waals surface area contributed by atoms with Gasteiger partial charge >= 0.3 is 0 Å². The lowest BCUT2D eigenvalue weighted by molar-refractivity contribution is -0.135. The van der Waals surface area contributed by atoms with Gasteiger partial charge in [0, 0.05) is 31.2 Å². The highest BCUT2D eigenvalue weighted by Gasteiger charge is 2.54. The van der Waals surface area contributed by atoms with Crippen molar-refractivity contribution in [3.8, 4) is 0 Å². The van der Waals surface area contributed by atoms with E-state index in [4.69, 9.17) is 4.98 Å². The Morgan fingerprint density at radius 3 is 2.67 bits per heavy atom. The number of benzene rings is 1. The predicted octanol–water partition coefficient (Wildman–Crippen LogP) is 2.93. The molecule has 158 valence electrons. The van der Waals surface area contributed by atoms with Crippen LogP contribution in [0.4, 0.5) is 0 Å². The monoisotopic (exact) mass is 406 g/mol. The van der Waals surface area contributed by atoms with Crippen molar-refractivity contribution in [1.82, 2.24) is 19.8 Å². The van der Waals surface area contributed by atoms with Gasteiger partial charge < -0.3 is 9.88 Å². The van der Waals surface area contributed by atoms with Gasteiger partial charge in [0.05, 0.1) is 17.2 Å². The Kier molecular flexibility index (Phi) is 4.77. The van der Waals surface area contributed by atoms with E-state index in [-0.39, 0.29) is 22.9 Å². The van der Waals surface area contributed by atoms with E-state index in [9.17, 15) is 9.59 Å². The molecule has 1 saturated carbocycles. The third-order valence-corrected chi connectivity index (χ3v) is 7.17. The highest BCUT2D eigenvalue weighted by atomic mass is 16.2. The minimum absolute atomic E-state index is 0.0260. The molecule has 1 saturated heterocycles. The van der Waals surface area contributed by atoms with Crippen LogP contribution in [0.5, 0.6) is 0 Å². The van der Waals surface area contributed by atoms with Crippen LogP contribution in [0.15, 0.2) is 35.1 Å². The third kappa shape index (κ3) is 3.18. The molecular formula is C24H30N4O2. The van der Waals surface area contributed by atoms with Gasteiger partial charge in [-0.05, 0) is 51.5 Å². The molecule has 0 radical (unpaired) electrons. The number of hydrogen-bond donors (Lipinski definition) is 1. The zero-order chi connectivity index (χ0) is 20.9. The molecule has 30 heavy (non-hydrogen) atoms. The van der Waals surface area contributed by atoms with Crippen LogP contribution in [-0.4, -0.2) is 44.8 Å². The molecule has 1 amide bonds. The molecule has 1 aromatic heterocycles. The van der Waals surface area contributed by atoms with E-state index in [2.05, 4.69) is 35.9 Å². The summed E-state index contributed by atoms with van der Waals surface area (Å²) in [6.07, 6.45) is 4.33. The Morgan fingerprint density at radius 1 is 1.20 bits per heavy atom. The number of H-pyrrole nitrogens is 1. The maximum atomic E-state index is 13.6. The van der Waals surface area contributed by atoms with E-state index < -0.39 is 0 Å². The molecule has 3 aliphatic rings. The number of aromatic nitrogens is 2. The van der Waals surface area contributed by atoms with E-state index in [1.165, 1.54) is 0 Å². The number of carbonyl (C=O) groups is 1. The van der Waals surface area contributed by atoms with E-state index in [1.54, 1.807) is 0 Å². The molecule has 0 bridgehead atoms. The van der Waals surface area contributed by atoms with Crippen molar-refractivity contribution in [2.75, 3.05) is 13.1 Å². The average Bonchev–Trinajstić information content (AvgIpc) is 3.43. The van der Waals surface area contributed by atoms with Crippen LogP contribution in [0, 0.1) is 0 Å². The average molecular weight is 407 g/mol. The van der Waals surface area contributed by atoms with Gasteiger partial charge in [0.15, 0.2) is 0 Å². The number of hydrogen-bond acceptors (Lipinski definition) is 4. The summed E-state index contributed by atoms with van der Waals surface area (Å²) in [5, 5.41) is 0. The SMILES string of the molecule is CC(C)N1CCc2c(nc(C3CCCN3C(=O)C3(c4ccccc4)CC3)[nH]c2=O)C1. The molecule has 1 aliphatic carbocycles. The number of carbonyl (C=O) groups excluding carboxylic acids is 1. The van der Waals surface area contributed by atoms with Crippen molar-refractivity contribution in [3.63, 3.8) is 0 Å². The quantitative estimate of drug-likeness (QED) is 0.848. The fourth-order valence-corrected chi connectivity index (χ4v) is 5.15. The topological polar surface area (TPSA) is 69.3 Å². The fraction of sp³-hybridized carbons (Fsp3) is 0.542. The smallest absolute Gasteiger partial charge is 0.254 e. The summed E-state index contributed by atoms with van der Waals surface area (Å²) in [7, 11) is 0. The molecule has 5 rings (SSSR count). The van der Waals surface area contributed by atoms with Crippen molar-refractivity contribution in [1.29, 1.82) is 0 Å². The van der Waals surface area contributed by atoms with Gasteiger partial charge in [-0.25, -0.2) is 4.98 Å². The second-order valence-electron chi connectivity index (χ2n) is 9.30. The van der Waals surface area contributed by atoms with Gasteiger partial charge in [0.25, 0.3) is 5.56 Å². The number of likely N-dealkylation sites (tertiary alicyclic amines) is 1. The Labute approximate surface area is 177 Å². The van der Waals surface area contributed by atoms with Gasteiger partial charge in [-0.15, -0.1) is 0 Å². The van der Waals surface area contributed by atoms with Gasteiger partial charge in [-0.3, -0.25) is 14.5 Å². The summed E-state index contributed by atoms with van der Waals surface area (Å²) < 4.78 is 0. The summed E-state index contributed by atoms with van der Waals surface area (Å²) in [6, 6.07) is 10.4. The molecule has 6 nitrogen and oxygen atoms in total. The van der Waals surface area contributed by atoms with E-state index in [0.717, 1.165) is 62.0 Å². The van der Waals surface area contributed by atoms with Gasteiger partial charge in [0.2, 0.25) is 5.91 Å². The minimum atomic E-state index is -0.382. The predicted molar refractivity (Wildman–Crippen MR) is 115 cm³/mol. The molecule has 3 heterocycles. The Morgan fingerprint density at radius 2 is 1.97 bits per heavy atom. The van der Waals surface area contributed by atoms with Gasteiger partial charge in [-0.2, -0.15) is 0 Å². The third-order valence-electron chi connectivity index (χ3n) is 7.17. The second-order valence-corrected chi connectivity index (χ2v) is 9.30. The molecule has 0 spiro atoms. The molecular weight excluding hydrogens is 376 g/mol. The number of nitrogens with one attached hydrogen (secondary N) is 1. The number of rotatable bonds is 4. The first-order chi connectivity index (χ1) is 14.5. The molecule has 1 unspecified atom stereocenters. The largest absolute Gasteiger partial charge is 0.332 e. The van der Waals surface area contributed by atoms with Crippen LogP contribution >= 0.6 is 0 Å². The summed E-state index contributed by atoms with van der Waals surface area (Å²) >= 11 is 0. The zero-order valence-corrected chi connectivity index (χ0v) is 17.9. The van der Waals surface area contributed by atoms with Crippen molar-refractivity contribution in [3.05, 3.63) is 63.3 Å². The zero-order valence-electron chi connectivity index (χ0n) is 17.9. The lowest BCUT2D eigenvalue weighted by atomic mass is 9.94. The second kappa shape index (κ2) is 7.34. The minimum Gasteiger partial charge on any atom is -0.332 e. The first-order valence-electron chi connectivity index (χ1n) is 11.2. The van der Waals surface area contributed by atoms with Crippen molar-refractivity contribution >= 4 is 5.91 Å². The number of fused-ring (bicyclic) bond motifs is 1. The van der Waals surface area contributed by atoms with Gasteiger partial charge in [-0.1, -0.05) is 30.3 Å². The standard InChI is InChI=1S/C24H30N4O2/c1-16(2)27-14-10-18-19(15-27)25-21(26-22(18)29)20-9-6-13-28(20)23(30)24(11-12-24)17-7-4-3-5-8-17/h3-5,7-8,16,20H,6,9-15H2,1-2H3,(H,25,26,29). The fourth-order valence-electron chi connectivity index (χ4n) is 5.15.